The van der Waals surface area contributed by atoms with Crippen LogP contribution in [0.3, 0.4) is 0 Å². The predicted molar refractivity (Wildman–Crippen MR) is 106 cm³/mol. The van der Waals surface area contributed by atoms with Gasteiger partial charge in [-0.25, -0.2) is 0 Å². The number of carbonyl (C=O) groups is 1. The summed E-state index contributed by atoms with van der Waals surface area (Å²) < 4.78 is 18.8. The molecule has 3 aromatic rings. The molecule has 0 saturated carbocycles. The summed E-state index contributed by atoms with van der Waals surface area (Å²) in [6.45, 7) is 4.31. The van der Waals surface area contributed by atoms with Gasteiger partial charge in [0, 0.05) is 18.2 Å². The van der Waals surface area contributed by atoms with E-state index in [2.05, 4.69) is 11.6 Å². The number of nitrogens with zero attached hydrogens (tertiary/aromatic N) is 2. The van der Waals surface area contributed by atoms with Gasteiger partial charge in [0.2, 0.25) is 0 Å². The number of amides is 1. The number of allylic oxidation sites excluding steroid dienone is 1. The fourth-order valence-electron chi connectivity index (χ4n) is 2.73. The van der Waals surface area contributed by atoms with Gasteiger partial charge in [-0.2, -0.15) is 4.99 Å². The molecule has 0 bridgehead atoms. The number of benzene rings is 2. The van der Waals surface area contributed by atoms with Crippen molar-refractivity contribution in [3.05, 3.63) is 59.4 Å². The van der Waals surface area contributed by atoms with E-state index in [1.165, 1.54) is 25.6 Å². The molecule has 0 N–H and O–H groups in total. The number of carbonyl (C=O) groups excluding carboxylic acids is 1. The molecular weight excluding hydrogens is 364 g/mol. The summed E-state index contributed by atoms with van der Waals surface area (Å²) >= 11 is 1.42. The number of aromatic nitrogens is 1. The van der Waals surface area contributed by atoms with E-state index in [4.69, 9.17) is 14.2 Å². The molecule has 0 aliphatic rings. The average molecular weight is 384 g/mol. The number of rotatable bonds is 6. The lowest BCUT2D eigenvalue weighted by Gasteiger charge is -2.07. The molecule has 0 saturated heterocycles. The van der Waals surface area contributed by atoms with Crippen molar-refractivity contribution in [1.82, 2.24) is 4.57 Å². The van der Waals surface area contributed by atoms with Crippen LogP contribution in [0.25, 0.3) is 10.2 Å². The van der Waals surface area contributed by atoms with Crippen molar-refractivity contribution in [2.24, 2.45) is 4.99 Å². The Hall–Kier alpha value is -3.06. The van der Waals surface area contributed by atoms with Gasteiger partial charge in [-0.05, 0) is 24.3 Å². The van der Waals surface area contributed by atoms with E-state index in [0.717, 1.165) is 16.0 Å². The minimum Gasteiger partial charge on any atom is -0.497 e. The maximum Gasteiger partial charge on any atom is 0.279 e. The number of ether oxygens (including phenoxy) is 3. The first-order valence-corrected chi connectivity index (χ1v) is 9.02. The van der Waals surface area contributed by atoms with Gasteiger partial charge in [0.15, 0.2) is 4.80 Å². The van der Waals surface area contributed by atoms with Crippen LogP contribution in [-0.4, -0.2) is 31.8 Å². The second-order valence-electron chi connectivity index (χ2n) is 5.61. The van der Waals surface area contributed by atoms with Gasteiger partial charge in [-0.15, -0.1) is 6.58 Å². The summed E-state index contributed by atoms with van der Waals surface area (Å²) in [6.07, 6.45) is 1.76. The first kappa shape index (κ1) is 18.7. The van der Waals surface area contributed by atoms with Gasteiger partial charge >= 0.3 is 0 Å². The molecule has 0 radical (unpaired) electrons. The second-order valence-corrected chi connectivity index (χ2v) is 6.62. The summed E-state index contributed by atoms with van der Waals surface area (Å²) in [5.74, 6) is 1.41. The summed E-state index contributed by atoms with van der Waals surface area (Å²) in [5.41, 5.74) is 1.28. The van der Waals surface area contributed by atoms with E-state index in [0.29, 0.717) is 28.4 Å². The summed E-state index contributed by atoms with van der Waals surface area (Å²) in [7, 11) is 4.70. The highest BCUT2D eigenvalue weighted by atomic mass is 32.1. The molecule has 0 aliphatic carbocycles. The lowest BCUT2D eigenvalue weighted by atomic mass is 10.2. The number of hydrogen-bond donors (Lipinski definition) is 0. The fraction of sp³-hybridized carbons (Fsp3) is 0.200. The van der Waals surface area contributed by atoms with E-state index in [1.807, 2.05) is 22.8 Å². The highest BCUT2D eigenvalue weighted by Crippen LogP contribution is 2.27. The zero-order valence-corrected chi connectivity index (χ0v) is 16.2. The quantitative estimate of drug-likeness (QED) is 0.609. The Morgan fingerprint density at radius 2 is 1.85 bits per heavy atom. The molecular formula is C20H20N2O4S. The lowest BCUT2D eigenvalue weighted by molar-refractivity contribution is 0.0997. The Morgan fingerprint density at radius 3 is 2.44 bits per heavy atom. The molecule has 0 fully saturated rings. The van der Waals surface area contributed by atoms with E-state index >= 15 is 0 Å². The molecule has 140 valence electrons. The summed E-state index contributed by atoms with van der Waals surface area (Å²) in [5, 5.41) is 0. The van der Waals surface area contributed by atoms with Crippen LogP contribution in [0, 0.1) is 0 Å². The molecule has 0 atom stereocenters. The van der Waals surface area contributed by atoms with Crippen molar-refractivity contribution in [2.75, 3.05) is 21.3 Å². The van der Waals surface area contributed by atoms with Crippen LogP contribution in [0.5, 0.6) is 17.2 Å². The Bertz CT molecular complexity index is 1040. The molecule has 7 heteroatoms. The Kier molecular flexibility index (Phi) is 5.61. The van der Waals surface area contributed by atoms with E-state index < -0.39 is 0 Å². The van der Waals surface area contributed by atoms with Crippen LogP contribution in [-0.2, 0) is 6.54 Å². The van der Waals surface area contributed by atoms with Crippen molar-refractivity contribution >= 4 is 27.5 Å². The lowest BCUT2D eigenvalue weighted by Crippen LogP contribution is -2.16. The Labute approximate surface area is 161 Å². The summed E-state index contributed by atoms with van der Waals surface area (Å²) in [4.78, 5) is 17.7. The third-order valence-corrected chi connectivity index (χ3v) is 5.03. The SMILES string of the molecule is C=CCn1c(=NC(=O)c2cc(OC)cc(OC)c2)sc2cccc(OC)c21. The van der Waals surface area contributed by atoms with E-state index in [9.17, 15) is 4.79 Å². The fourth-order valence-corrected chi connectivity index (χ4v) is 3.78. The molecule has 0 spiro atoms. The van der Waals surface area contributed by atoms with Crippen LogP contribution in [0.1, 0.15) is 10.4 Å². The third-order valence-electron chi connectivity index (χ3n) is 3.99. The van der Waals surface area contributed by atoms with E-state index in [1.54, 1.807) is 31.4 Å². The maximum atomic E-state index is 12.8. The van der Waals surface area contributed by atoms with Gasteiger partial charge in [0.1, 0.15) is 22.8 Å². The number of hydrogen-bond acceptors (Lipinski definition) is 5. The Morgan fingerprint density at radius 1 is 1.15 bits per heavy atom. The number of para-hydroxylation sites is 1. The average Bonchev–Trinajstić information content (AvgIpc) is 3.04. The van der Waals surface area contributed by atoms with Crippen LogP contribution < -0.4 is 19.0 Å². The highest BCUT2D eigenvalue weighted by Gasteiger charge is 2.13. The predicted octanol–water partition coefficient (Wildman–Crippen LogP) is 3.66. The first-order valence-electron chi connectivity index (χ1n) is 8.20. The largest absolute Gasteiger partial charge is 0.497 e. The molecule has 2 aromatic carbocycles. The monoisotopic (exact) mass is 384 g/mol. The van der Waals surface area contributed by atoms with Crippen molar-refractivity contribution in [2.45, 2.75) is 6.54 Å². The summed E-state index contributed by atoms with van der Waals surface area (Å²) in [6, 6.07) is 10.8. The van der Waals surface area contributed by atoms with Crippen molar-refractivity contribution in [1.29, 1.82) is 0 Å². The minimum absolute atomic E-state index is 0.379. The standard InChI is InChI=1S/C20H20N2O4S/c1-5-9-22-18-16(26-4)7-6-8-17(18)27-20(22)21-19(23)13-10-14(24-2)12-15(11-13)25-3/h5-8,10-12H,1,9H2,2-4H3. The van der Waals surface area contributed by atoms with Gasteiger partial charge in [-0.1, -0.05) is 23.5 Å². The van der Waals surface area contributed by atoms with E-state index in [-0.39, 0.29) is 5.91 Å². The van der Waals surface area contributed by atoms with Crippen LogP contribution in [0.4, 0.5) is 0 Å². The van der Waals surface area contributed by atoms with Crippen LogP contribution >= 0.6 is 11.3 Å². The highest BCUT2D eigenvalue weighted by molar-refractivity contribution is 7.16. The molecule has 1 heterocycles. The van der Waals surface area contributed by atoms with Gasteiger partial charge in [0.25, 0.3) is 5.91 Å². The smallest absolute Gasteiger partial charge is 0.279 e. The normalized spacial score (nSPS) is 11.4. The van der Waals surface area contributed by atoms with Crippen molar-refractivity contribution < 1.29 is 19.0 Å². The topological polar surface area (TPSA) is 62.1 Å². The molecule has 6 nitrogen and oxygen atoms in total. The van der Waals surface area contributed by atoms with Crippen molar-refractivity contribution in [3.8, 4) is 17.2 Å². The van der Waals surface area contributed by atoms with Crippen LogP contribution in [0.15, 0.2) is 54.0 Å². The Balaban J connectivity index is 2.17. The van der Waals surface area contributed by atoms with Gasteiger partial charge in [0.05, 0.1) is 26.0 Å². The number of methoxy groups -OCH3 is 3. The van der Waals surface area contributed by atoms with Gasteiger partial charge in [-0.3, -0.25) is 4.79 Å². The molecule has 0 unspecified atom stereocenters. The zero-order chi connectivity index (χ0) is 19.4. The van der Waals surface area contributed by atoms with Crippen LogP contribution in [0.2, 0.25) is 0 Å². The molecule has 27 heavy (non-hydrogen) atoms. The van der Waals surface area contributed by atoms with Gasteiger partial charge < -0.3 is 18.8 Å². The molecule has 1 amide bonds. The number of thiazole rings is 1. The number of fused-ring (bicyclic) bond motifs is 1. The first-order chi connectivity index (χ1) is 13.1. The van der Waals surface area contributed by atoms with Crippen molar-refractivity contribution in [3.63, 3.8) is 0 Å². The molecule has 1 aromatic heterocycles. The molecule has 0 aliphatic heterocycles. The second kappa shape index (κ2) is 8.09. The minimum atomic E-state index is -0.379. The maximum absolute atomic E-state index is 12.8. The third kappa shape index (κ3) is 3.73. The molecule has 3 rings (SSSR count). The zero-order valence-electron chi connectivity index (χ0n) is 15.4.